The normalized spacial score (nSPS) is 19.8. The monoisotopic (exact) mass is 430 g/mol. The van der Waals surface area contributed by atoms with Crippen molar-refractivity contribution in [2.45, 2.75) is 64.5 Å². The van der Waals surface area contributed by atoms with E-state index in [1.165, 1.54) is 24.8 Å². The zero-order valence-corrected chi connectivity index (χ0v) is 19.0. The van der Waals surface area contributed by atoms with Crippen LogP contribution < -0.4 is 20.7 Å². The average molecular weight is 431 g/mol. The van der Waals surface area contributed by atoms with Crippen molar-refractivity contribution in [1.29, 1.82) is 0 Å². The first-order valence-corrected chi connectivity index (χ1v) is 11.7. The van der Waals surface area contributed by atoms with Crippen LogP contribution in [0.15, 0.2) is 23.2 Å². The molecule has 1 aliphatic heterocycles. The summed E-state index contributed by atoms with van der Waals surface area (Å²) < 4.78 is 11.6. The summed E-state index contributed by atoms with van der Waals surface area (Å²) in [5.41, 5.74) is 2.26. The molecule has 3 N–H and O–H groups in total. The van der Waals surface area contributed by atoms with Gasteiger partial charge >= 0.3 is 0 Å². The average Bonchev–Trinajstić information content (AvgIpc) is 3.30. The van der Waals surface area contributed by atoms with Crippen LogP contribution in [0.2, 0.25) is 0 Å². The fourth-order valence-electron chi connectivity index (χ4n) is 4.11. The van der Waals surface area contributed by atoms with Crippen LogP contribution in [0, 0.1) is 12.8 Å². The number of nitrogens with zero attached hydrogens (tertiary/aromatic N) is 1. The van der Waals surface area contributed by atoms with E-state index >= 15 is 0 Å². The lowest BCUT2D eigenvalue weighted by Crippen LogP contribution is -2.41. The number of aliphatic imine (C=N–C) groups is 1. The van der Waals surface area contributed by atoms with Gasteiger partial charge in [-0.25, -0.2) is 0 Å². The molecule has 31 heavy (non-hydrogen) atoms. The van der Waals surface area contributed by atoms with Gasteiger partial charge in [0.15, 0.2) is 5.96 Å². The zero-order valence-electron chi connectivity index (χ0n) is 19.0. The summed E-state index contributed by atoms with van der Waals surface area (Å²) in [5.74, 6) is 2.17. The molecule has 1 heterocycles. The number of amides is 1. The quantitative estimate of drug-likeness (QED) is 0.414. The highest BCUT2D eigenvalue weighted by Crippen LogP contribution is 2.22. The highest BCUT2D eigenvalue weighted by Gasteiger charge is 2.17. The minimum absolute atomic E-state index is 0.111. The molecule has 0 bridgehead atoms. The Morgan fingerprint density at radius 1 is 1.19 bits per heavy atom. The van der Waals surface area contributed by atoms with Gasteiger partial charge in [0.1, 0.15) is 5.75 Å². The van der Waals surface area contributed by atoms with E-state index in [0.717, 1.165) is 43.8 Å². The first-order valence-electron chi connectivity index (χ1n) is 11.7. The number of carbonyl (C=O) groups excluding carboxylic acids is 1. The molecule has 7 nitrogen and oxygen atoms in total. The predicted octanol–water partition coefficient (Wildman–Crippen LogP) is 2.91. The lowest BCUT2D eigenvalue weighted by atomic mass is 9.95. The zero-order chi connectivity index (χ0) is 21.9. The number of carbonyl (C=O) groups is 1. The summed E-state index contributed by atoms with van der Waals surface area (Å²) in [6.07, 6.45) is 7.45. The van der Waals surface area contributed by atoms with E-state index < -0.39 is 0 Å². The van der Waals surface area contributed by atoms with E-state index in [1.807, 2.05) is 0 Å². The van der Waals surface area contributed by atoms with Crippen LogP contribution in [0.25, 0.3) is 0 Å². The SMILES string of the molecule is CN=C(NCCC(=O)NC1CCCCC1)NCc1ccc(C)cc1OCC1CCOC1. The Hall–Kier alpha value is -2.28. The molecule has 1 aliphatic carbocycles. The molecule has 1 amide bonds. The summed E-state index contributed by atoms with van der Waals surface area (Å²) >= 11 is 0. The molecular weight excluding hydrogens is 392 g/mol. The number of hydrogen-bond donors (Lipinski definition) is 3. The van der Waals surface area contributed by atoms with E-state index in [4.69, 9.17) is 9.47 Å². The second-order valence-electron chi connectivity index (χ2n) is 8.66. The Morgan fingerprint density at radius 3 is 2.77 bits per heavy atom. The Bertz CT molecular complexity index is 726. The lowest BCUT2D eigenvalue weighted by molar-refractivity contribution is -0.121. The maximum atomic E-state index is 12.2. The van der Waals surface area contributed by atoms with Crippen LogP contribution in [-0.4, -0.2) is 51.3 Å². The van der Waals surface area contributed by atoms with Crippen molar-refractivity contribution in [1.82, 2.24) is 16.0 Å². The van der Waals surface area contributed by atoms with Gasteiger partial charge < -0.3 is 25.4 Å². The number of guanidine groups is 1. The fourth-order valence-corrected chi connectivity index (χ4v) is 4.11. The minimum atomic E-state index is 0.111. The smallest absolute Gasteiger partial charge is 0.221 e. The Labute approximate surface area is 186 Å². The maximum Gasteiger partial charge on any atom is 0.221 e. The third-order valence-corrected chi connectivity index (χ3v) is 6.01. The van der Waals surface area contributed by atoms with E-state index in [0.29, 0.717) is 44.0 Å². The first-order chi connectivity index (χ1) is 15.1. The van der Waals surface area contributed by atoms with Gasteiger partial charge in [0.2, 0.25) is 5.91 Å². The van der Waals surface area contributed by atoms with Crippen molar-refractivity contribution in [3.63, 3.8) is 0 Å². The van der Waals surface area contributed by atoms with Gasteiger partial charge in [0, 0.05) is 50.7 Å². The molecule has 1 saturated carbocycles. The largest absolute Gasteiger partial charge is 0.493 e. The third kappa shape index (κ3) is 8.05. The second-order valence-corrected chi connectivity index (χ2v) is 8.66. The van der Waals surface area contributed by atoms with Crippen LogP contribution in [0.5, 0.6) is 5.75 Å². The van der Waals surface area contributed by atoms with Crippen LogP contribution >= 0.6 is 0 Å². The summed E-state index contributed by atoms with van der Waals surface area (Å²) in [6.45, 7) is 5.52. The van der Waals surface area contributed by atoms with Crippen LogP contribution in [0.3, 0.4) is 0 Å². The van der Waals surface area contributed by atoms with Gasteiger partial charge in [-0.3, -0.25) is 9.79 Å². The molecule has 2 aliphatic rings. The summed E-state index contributed by atoms with van der Waals surface area (Å²) in [4.78, 5) is 16.5. The highest BCUT2D eigenvalue weighted by molar-refractivity contribution is 5.81. The molecule has 0 spiro atoms. The third-order valence-electron chi connectivity index (χ3n) is 6.01. The Kier molecular flexibility index (Phi) is 9.46. The molecule has 3 rings (SSSR count). The molecule has 1 aromatic rings. The highest BCUT2D eigenvalue weighted by atomic mass is 16.5. The molecular formula is C24H38N4O3. The van der Waals surface area contributed by atoms with Crippen LogP contribution in [-0.2, 0) is 16.1 Å². The van der Waals surface area contributed by atoms with Crippen molar-refractivity contribution in [3.05, 3.63) is 29.3 Å². The first kappa shape index (κ1) is 23.4. The molecule has 0 radical (unpaired) electrons. The standard InChI is InChI=1S/C24H38N4O3/c1-18-8-9-20(22(14-18)31-17-19-11-13-30-16-19)15-27-24(25-2)26-12-10-23(29)28-21-6-4-3-5-7-21/h8-9,14,19,21H,3-7,10-13,15-17H2,1-2H3,(H,28,29)(H2,25,26,27). The van der Waals surface area contributed by atoms with E-state index in [1.54, 1.807) is 7.05 Å². The molecule has 1 saturated heterocycles. The summed E-state index contributed by atoms with van der Waals surface area (Å²) in [7, 11) is 1.74. The summed E-state index contributed by atoms with van der Waals surface area (Å²) in [5, 5.41) is 9.72. The predicted molar refractivity (Wildman–Crippen MR) is 123 cm³/mol. The van der Waals surface area contributed by atoms with E-state index in [2.05, 4.69) is 46.1 Å². The maximum absolute atomic E-state index is 12.2. The van der Waals surface area contributed by atoms with Gasteiger partial charge in [-0.2, -0.15) is 0 Å². The van der Waals surface area contributed by atoms with Crippen molar-refractivity contribution >= 4 is 11.9 Å². The van der Waals surface area contributed by atoms with Crippen molar-refractivity contribution < 1.29 is 14.3 Å². The number of nitrogens with one attached hydrogen (secondary N) is 3. The van der Waals surface area contributed by atoms with Crippen LogP contribution in [0.4, 0.5) is 0 Å². The van der Waals surface area contributed by atoms with Gasteiger partial charge in [0.25, 0.3) is 0 Å². The number of aryl methyl sites for hydroxylation is 1. The van der Waals surface area contributed by atoms with Crippen molar-refractivity contribution in [2.75, 3.05) is 33.4 Å². The molecule has 172 valence electrons. The van der Waals surface area contributed by atoms with Gasteiger partial charge in [-0.05, 0) is 37.8 Å². The minimum Gasteiger partial charge on any atom is -0.493 e. The lowest BCUT2D eigenvalue weighted by Gasteiger charge is -2.22. The Balaban J connectivity index is 1.41. The van der Waals surface area contributed by atoms with Gasteiger partial charge in [-0.1, -0.05) is 31.4 Å². The Morgan fingerprint density at radius 2 is 2.03 bits per heavy atom. The number of benzene rings is 1. The van der Waals surface area contributed by atoms with E-state index in [-0.39, 0.29) is 5.91 Å². The molecule has 1 aromatic carbocycles. The van der Waals surface area contributed by atoms with Gasteiger partial charge in [-0.15, -0.1) is 0 Å². The van der Waals surface area contributed by atoms with Crippen LogP contribution in [0.1, 0.15) is 56.1 Å². The van der Waals surface area contributed by atoms with Crippen molar-refractivity contribution in [2.24, 2.45) is 10.9 Å². The number of ether oxygens (including phenoxy) is 2. The topological polar surface area (TPSA) is 84.0 Å². The fraction of sp³-hybridized carbons (Fsp3) is 0.667. The summed E-state index contributed by atoms with van der Waals surface area (Å²) in [6, 6.07) is 6.62. The molecule has 1 unspecified atom stereocenters. The van der Waals surface area contributed by atoms with Gasteiger partial charge in [0.05, 0.1) is 13.2 Å². The molecule has 2 fully saturated rings. The number of rotatable bonds is 9. The second kappa shape index (κ2) is 12.5. The van der Waals surface area contributed by atoms with E-state index in [9.17, 15) is 4.79 Å². The molecule has 7 heteroatoms. The molecule has 0 aromatic heterocycles. The number of hydrogen-bond acceptors (Lipinski definition) is 4. The molecule has 1 atom stereocenters. The van der Waals surface area contributed by atoms with Crippen molar-refractivity contribution in [3.8, 4) is 5.75 Å².